The van der Waals surface area contributed by atoms with Gasteiger partial charge in [-0.1, -0.05) is 17.3 Å². The third kappa shape index (κ3) is 3.91. The molecule has 0 aliphatic carbocycles. The Morgan fingerprint density at radius 1 is 1.26 bits per heavy atom. The van der Waals surface area contributed by atoms with Crippen LogP contribution in [-0.2, 0) is 16.1 Å². The van der Waals surface area contributed by atoms with Crippen LogP contribution in [0.5, 0.6) is 0 Å². The molecule has 2 aromatic rings. The fourth-order valence-corrected chi connectivity index (χ4v) is 2.50. The third-order valence-electron chi connectivity index (χ3n) is 3.78. The number of nitrogens with zero attached hydrogens (tertiary/aromatic N) is 4. The van der Waals surface area contributed by atoms with Gasteiger partial charge in [-0.15, -0.1) is 5.10 Å². The monoisotopic (exact) mass is 317 g/mol. The van der Waals surface area contributed by atoms with Gasteiger partial charge in [0, 0.05) is 26.2 Å². The Bertz CT molecular complexity index is 739. The number of hydrogen-bond acceptors (Lipinski definition) is 6. The van der Waals surface area contributed by atoms with Gasteiger partial charge >= 0.3 is 0 Å². The van der Waals surface area contributed by atoms with E-state index in [2.05, 4.69) is 20.5 Å². The van der Waals surface area contributed by atoms with E-state index in [1.807, 2.05) is 0 Å². The molecule has 1 fully saturated rings. The fraction of sp³-hybridized carbons (Fsp3) is 0.467. The molecule has 23 heavy (non-hydrogen) atoms. The molecule has 3 rings (SSSR count). The summed E-state index contributed by atoms with van der Waals surface area (Å²) in [5.74, 6) is -0.245. The zero-order chi connectivity index (χ0) is 16.1. The molecule has 1 saturated heterocycles. The molecule has 1 aliphatic rings. The second kappa shape index (κ2) is 7.30. The summed E-state index contributed by atoms with van der Waals surface area (Å²) in [5, 5.41) is 11.0. The maximum absolute atomic E-state index is 12.2. The zero-order valence-electron chi connectivity index (χ0n) is 12.8. The molecule has 1 aromatic carbocycles. The van der Waals surface area contributed by atoms with Gasteiger partial charge in [0.1, 0.15) is 12.1 Å². The number of morpholine rings is 1. The molecular weight excluding hydrogens is 298 g/mol. The van der Waals surface area contributed by atoms with Gasteiger partial charge in [-0.05, 0) is 12.1 Å². The van der Waals surface area contributed by atoms with Crippen LogP contribution in [0.2, 0.25) is 0 Å². The maximum atomic E-state index is 12.2. The normalized spacial score (nSPS) is 15.7. The summed E-state index contributed by atoms with van der Waals surface area (Å²) in [6.07, 6.45) is 0. The molecule has 0 unspecified atom stereocenters. The number of carbonyl (C=O) groups is 1. The van der Waals surface area contributed by atoms with E-state index in [1.165, 1.54) is 0 Å². The summed E-state index contributed by atoms with van der Waals surface area (Å²) in [6, 6.07) is 6.95. The van der Waals surface area contributed by atoms with Crippen molar-refractivity contribution in [1.29, 1.82) is 0 Å². The van der Waals surface area contributed by atoms with Crippen molar-refractivity contribution in [2.45, 2.75) is 6.54 Å². The summed E-state index contributed by atoms with van der Waals surface area (Å²) in [5.41, 5.74) is 0.223. The highest BCUT2D eigenvalue weighted by molar-refractivity contribution is 5.78. The first-order valence-corrected chi connectivity index (χ1v) is 7.63. The molecular formula is C15H19N5O3. The van der Waals surface area contributed by atoms with Crippen molar-refractivity contribution in [3.8, 4) is 0 Å². The topological polar surface area (TPSA) is 89.3 Å². The predicted molar refractivity (Wildman–Crippen MR) is 84.1 cm³/mol. The van der Waals surface area contributed by atoms with E-state index in [1.54, 1.807) is 24.3 Å². The Hall–Kier alpha value is -2.32. The molecule has 2 heterocycles. The van der Waals surface area contributed by atoms with Crippen LogP contribution in [0.15, 0.2) is 29.1 Å². The number of amides is 1. The van der Waals surface area contributed by atoms with Crippen molar-refractivity contribution in [3.63, 3.8) is 0 Å². The number of benzene rings is 1. The Kier molecular flexibility index (Phi) is 4.94. The molecule has 0 bridgehead atoms. The number of fused-ring (bicyclic) bond motifs is 1. The van der Waals surface area contributed by atoms with Gasteiger partial charge in [-0.3, -0.25) is 14.5 Å². The van der Waals surface area contributed by atoms with E-state index >= 15 is 0 Å². The molecule has 8 nitrogen and oxygen atoms in total. The SMILES string of the molecule is O=C(Cn1nnc2ccccc2c1=O)NCCN1CCOCC1. The van der Waals surface area contributed by atoms with E-state index in [0.717, 1.165) is 37.5 Å². The first-order chi connectivity index (χ1) is 11.2. The van der Waals surface area contributed by atoms with E-state index < -0.39 is 0 Å². The van der Waals surface area contributed by atoms with Crippen LogP contribution in [0.1, 0.15) is 0 Å². The lowest BCUT2D eigenvalue weighted by atomic mass is 10.2. The second-order valence-corrected chi connectivity index (χ2v) is 5.37. The van der Waals surface area contributed by atoms with Gasteiger partial charge in [0.25, 0.3) is 5.56 Å². The van der Waals surface area contributed by atoms with Crippen molar-refractivity contribution in [1.82, 2.24) is 25.2 Å². The van der Waals surface area contributed by atoms with Gasteiger partial charge in [-0.2, -0.15) is 0 Å². The lowest BCUT2D eigenvalue weighted by Gasteiger charge is -2.26. The molecule has 0 spiro atoms. The smallest absolute Gasteiger partial charge is 0.278 e. The van der Waals surface area contributed by atoms with Crippen LogP contribution < -0.4 is 10.9 Å². The number of nitrogens with one attached hydrogen (secondary N) is 1. The first kappa shape index (κ1) is 15.6. The molecule has 8 heteroatoms. The third-order valence-corrected chi connectivity index (χ3v) is 3.78. The first-order valence-electron chi connectivity index (χ1n) is 7.63. The van der Waals surface area contributed by atoms with Crippen LogP contribution in [0.25, 0.3) is 10.9 Å². The van der Waals surface area contributed by atoms with Crippen molar-refractivity contribution in [2.75, 3.05) is 39.4 Å². The minimum absolute atomic E-state index is 0.125. The lowest BCUT2D eigenvalue weighted by Crippen LogP contribution is -2.42. The van der Waals surface area contributed by atoms with E-state index in [-0.39, 0.29) is 18.0 Å². The summed E-state index contributed by atoms with van der Waals surface area (Å²) in [6.45, 7) is 4.41. The van der Waals surface area contributed by atoms with Crippen molar-refractivity contribution in [2.24, 2.45) is 0 Å². The Labute approximate surface area is 133 Å². The summed E-state index contributed by atoms with van der Waals surface area (Å²) < 4.78 is 6.36. The van der Waals surface area contributed by atoms with Gasteiger partial charge in [-0.25, -0.2) is 4.68 Å². The van der Waals surface area contributed by atoms with E-state index in [4.69, 9.17) is 4.74 Å². The number of aromatic nitrogens is 3. The zero-order valence-corrected chi connectivity index (χ0v) is 12.8. The van der Waals surface area contributed by atoms with E-state index in [9.17, 15) is 9.59 Å². The number of hydrogen-bond donors (Lipinski definition) is 1. The van der Waals surface area contributed by atoms with Gasteiger partial charge in [0.05, 0.1) is 18.6 Å². The highest BCUT2D eigenvalue weighted by atomic mass is 16.5. The number of rotatable bonds is 5. The maximum Gasteiger partial charge on any atom is 0.278 e. The largest absolute Gasteiger partial charge is 0.379 e. The minimum Gasteiger partial charge on any atom is -0.379 e. The molecule has 0 atom stereocenters. The number of ether oxygens (including phenoxy) is 1. The minimum atomic E-state index is -0.307. The summed E-state index contributed by atoms with van der Waals surface area (Å²) in [7, 11) is 0. The van der Waals surface area contributed by atoms with Gasteiger partial charge in [0.2, 0.25) is 5.91 Å². The summed E-state index contributed by atoms with van der Waals surface area (Å²) in [4.78, 5) is 26.4. The molecule has 1 N–H and O–H groups in total. The summed E-state index contributed by atoms with van der Waals surface area (Å²) >= 11 is 0. The average molecular weight is 317 g/mol. The highest BCUT2D eigenvalue weighted by Crippen LogP contribution is 2.03. The predicted octanol–water partition coefficient (Wildman–Crippen LogP) is -0.760. The standard InChI is InChI=1S/C15H19N5O3/c21-14(16-5-6-19-7-9-23-10-8-19)11-20-15(22)12-3-1-2-4-13(12)17-18-20/h1-4H,5-11H2,(H,16,21). The fourth-order valence-electron chi connectivity index (χ4n) is 2.50. The average Bonchev–Trinajstić information content (AvgIpc) is 2.59. The highest BCUT2D eigenvalue weighted by Gasteiger charge is 2.12. The van der Waals surface area contributed by atoms with Crippen LogP contribution in [0.3, 0.4) is 0 Å². The Morgan fingerprint density at radius 2 is 2.04 bits per heavy atom. The molecule has 1 aliphatic heterocycles. The van der Waals surface area contributed by atoms with Crippen LogP contribution in [-0.4, -0.2) is 65.2 Å². The quantitative estimate of drug-likeness (QED) is 0.780. The van der Waals surface area contributed by atoms with Gasteiger partial charge in [0.15, 0.2) is 0 Å². The van der Waals surface area contributed by atoms with Crippen LogP contribution >= 0.6 is 0 Å². The van der Waals surface area contributed by atoms with Crippen LogP contribution in [0, 0.1) is 0 Å². The Balaban J connectivity index is 1.55. The van der Waals surface area contributed by atoms with Crippen molar-refractivity contribution < 1.29 is 9.53 Å². The molecule has 1 aromatic heterocycles. The number of carbonyl (C=O) groups excluding carboxylic acids is 1. The van der Waals surface area contributed by atoms with Crippen molar-refractivity contribution in [3.05, 3.63) is 34.6 Å². The molecule has 0 saturated carbocycles. The van der Waals surface area contributed by atoms with Crippen LogP contribution in [0.4, 0.5) is 0 Å². The van der Waals surface area contributed by atoms with E-state index in [0.29, 0.717) is 17.4 Å². The van der Waals surface area contributed by atoms with Gasteiger partial charge < -0.3 is 10.1 Å². The Morgan fingerprint density at radius 3 is 2.87 bits per heavy atom. The molecule has 122 valence electrons. The lowest BCUT2D eigenvalue weighted by molar-refractivity contribution is -0.122. The molecule has 0 radical (unpaired) electrons. The van der Waals surface area contributed by atoms with Crippen molar-refractivity contribution >= 4 is 16.8 Å². The molecule has 1 amide bonds. The second-order valence-electron chi connectivity index (χ2n) is 5.37.